The SMILES string of the molecule is CCOC(=O)N1c2ccc(C(F)(F)F)cc2CC[C@H]1C1CC1. The van der Waals surface area contributed by atoms with Gasteiger partial charge in [-0.3, -0.25) is 4.90 Å². The van der Waals surface area contributed by atoms with E-state index in [1.165, 1.54) is 6.07 Å². The van der Waals surface area contributed by atoms with Crippen molar-refractivity contribution >= 4 is 11.8 Å². The number of carbonyl (C=O) groups is 1. The van der Waals surface area contributed by atoms with E-state index in [1.807, 2.05) is 0 Å². The maximum atomic E-state index is 12.8. The van der Waals surface area contributed by atoms with E-state index < -0.39 is 17.8 Å². The fourth-order valence-corrected chi connectivity index (χ4v) is 3.16. The number of carbonyl (C=O) groups excluding carboxylic acids is 1. The molecule has 1 aliphatic carbocycles. The first-order valence-corrected chi connectivity index (χ1v) is 7.58. The molecule has 0 radical (unpaired) electrons. The zero-order valence-electron chi connectivity index (χ0n) is 12.3. The molecule has 1 amide bonds. The number of rotatable bonds is 2. The molecule has 1 fully saturated rings. The average Bonchev–Trinajstić information content (AvgIpc) is 3.29. The minimum atomic E-state index is -4.36. The van der Waals surface area contributed by atoms with Crippen molar-refractivity contribution in [3.05, 3.63) is 29.3 Å². The molecule has 1 saturated carbocycles. The number of ether oxygens (including phenoxy) is 1. The van der Waals surface area contributed by atoms with Gasteiger partial charge < -0.3 is 4.74 Å². The first-order valence-electron chi connectivity index (χ1n) is 7.58. The van der Waals surface area contributed by atoms with Crippen LogP contribution in [0.2, 0.25) is 0 Å². The summed E-state index contributed by atoms with van der Waals surface area (Å²) in [6, 6.07) is 3.65. The van der Waals surface area contributed by atoms with Crippen LogP contribution >= 0.6 is 0 Å². The highest BCUT2D eigenvalue weighted by Gasteiger charge is 2.42. The molecule has 2 aliphatic rings. The quantitative estimate of drug-likeness (QED) is 0.810. The van der Waals surface area contributed by atoms with Gasteiger partial charge >= 0.3 is 12.3 Å². The van der Waals surface area contributed by atoms with E-state index in [9.17, 15) is 18.0 Å². The minimum Gasteiger partial charge on any atom is -0.449 e. The molecule has 6 heteroatoms. The predicted octanol–water partition coefficient (Wildman–Crippen LogP) is 4.39. The number of alkyl halides is 3. The van der Waals surface area contributed by atoms with Gasteiger partial charge in [0.15, 0.2) is 0 Å². The van der Waals surface area contributed by atoms with Crippen molar-refractivity contribution in [3.8, 4) is 0 Å². The summed E-state index contributed by atoms with van der Waals surface area (Å²) >= 11 is 0. The van der Waals surface area contributed by atoms with Gasteiger partial charge in [0, 0.05) is 6.04 Å². The van der Waals surface area contributed by atoms with Gasteiger partial charge in [0.1, 0.15) is 0 Å². The number of amides is 1. The molecule has 1 aliphatic heterocycles. The molecule has 0 N–H and O–H groups in total. The van der Waals surface area contributed by atoms with Crippen LogP contribution in [-0.2, 0) is 17.3 Å². The first kappa shape index (κ1) is 15.2. The molecule has 0 aromatic heterocycles. The van der Waals surface area contributed by atoms with E-state index in [1.54, 1.807) is 11.8 Å². The fourth-order valence-electron chi connectivity index (χ4n) is 3.16. The second-order valence-electron chi connectivity index (χ2n) is 5.85. The van der Waals surface area contributed by atoms with E-state index in [0.717, 1.165) is 25.0 Å². The Bertz CT molecular complexity index is 581. The minimum absolute atomic E-state index is 0.0447. The lowest BCUT2D eigenvalue weighted by molar-refractivity contribution is -0.137. The Hall–Kier alpha value is -1.72. The number of anilines is 1. The number of benzene rings is 1. The van der Waals surface area contributed by atoms with Gasteiger partial charge in [-0.25, -0.2) is 4.79 Å². The van der Waals surface area contributed by atoms with E-state index in [0.29, 0.717) is 30.0 Å². The van der Waals surface area contributed by atoms with E-state index in [2.05, 4.69) is 0 Å². The lowest BCUT2D eigenvalue weighted by Gasteiger charge is -2.37. The van der Waals surface area contributed by atoms with Crippen molar-refractivity contribution in [2.75, 3.05) is 11.5 Å². The highest BCUT2D eigenvalue weighted by molar-refractivity contribution is 5.90. The Kier molecular flexibility index (Phi) is 3.78. The molecule has 0 unspecified atom stereocenters. The molecule has 0 spiro atoms. The molecule has 0 bridgehead atoms. The van der Waals surface area contributed by atoms with Crippen LogP contribution in [0, 0.1) is 5.92 Å². The Morgan fingerprint density at radius 2 is 2.05 bits per heavy atom. The van der Waals surface area contributed by atoms with Crippen LogP contribution in [0.5, 0.6) is 0 Å². The lowest BCUT2D eigenvalue weighted by Crippen LogP contribution is -2.45. The third-order valence-corrected chi connectivity index (χ3v) is 4.34. The Labute approximate surface area is 127 Å². The third kappa shape index (κ3) is 2.78. The van der Waals surface area contributed by atoms with Crippen LogP contribution in [-0.4, -0.2) is 18.7 Å². The summed E-state index contributed by atoms with van der Waals surface area (Å²) in [4.78, 5) is 13.8. The molecule has 1 aromatic rings. The second kappa shape index (κ2) is 5.48. The zero-order chi connectivity index (χ0) is 15.9. The zero-order valence-corrected chi connectivity index (χ0v) is 12.3. The van der Waals surface area contributed by atoms with Crippen LogP contribution in [0.3, 0.4) is 0 Å². The van der Waals surface area contributed by atoms with Gasteiger partial charge in [-0.2, -0.15) is 13.2 Å². The Balaban J connectivity index is 1.97. The van der Waals surface area contributed by atoms with E-state index in [-0.39, 0.29) is 12.6 Å². The number of hydrogen-bond donors (Lipinski definition) is 0. The monoisotopic (exact) mass is 313 g/mol. The Morgan fingerprint density at radius 1 is 1.32 bits per heavy atom. The highest BCUT2D eigenvalue weighted by Crippen LogP contribution is 2.44. The summed E-state index contributed by atoms with van der Waals surface area (Å²) in [5, 5.41) is 0. The van der Waals surface area contributed by atoms with Crippen molar-refractivity contribution in [1.82, 2.24) is 0 Å². The van der Waals surface area contributed by atoms with Gasteiger partial charge in [-0.15, -0.1) is 0 Å². The Morgan fingerprint density at radius 3 is 2.64 bits per heavy atom. The van der Waals surface area contributed by atoms with Gasteiger partial charge in [0.05, 0.1) is 17.9 Å². The van der Waals surface area contributed by atoms with Crippen molar-refractivity contribution < 1.29 is 22.7 Å². The largest absolute Gasteiger partial charge is 0.449 e. The van der Waals surface area contributed by atoms with Gasteiger partial charge in [-0.1, -0.05) is 0 Å². The number of fused-ring (bicyclic) bond motifs is 1. The molecule has 3 rings (SSSR count). The lowest BCUT2D eigenvalue weighted by atomic mass is 9.92. The number of halogens is 3. The van der Waals surface area contributed by atoms with Crippen molar-refractivity contribution in [2.24, 2.45) is 5.92 Å². The van der Waals surface area contributed by atoms with Gasteiger partial charge in [0.25, 0.3) is 0 Å². The van der Waals surface area contributed by atoms with Crippen LogP contribution in [0.4, 0.5) is 23.7 Å². The van der Waals surface area contributed by atoms with Crippen molar-refractivity contribution in [3.63, 3.8) is 0 Å². The van der Waals surface area contributed by atoms with Crippen LogP contribution in [0.1, 0.15) is 37.3 Å². The predicted molar refractivity (Wildman–Crippen MR) is 75.8 cm³/mol. The summed E-state index contributed by atoms with van der Waals surface area (Å²) < 4.78 is 43.6. The fraction of sp³-hybridized carbons (Fsp3) is 0.562. The number of nitrogens with zero attached hydrogens (tertiary/aromatic N) is 1. The topological polar surface area (TPSA) is 29.5 Å². The molecular weight excluding hydrogens is 295 g/mol. The first-order chi connectivity index (χ1) is 10.4. The summed E-state index contributed by atoms with van der Waals surface area (Å²) in [7, 11) is 0. The maximum Gasteiger partial charge on any atom is 0.416 e. The van der Waals surface area contributed by atoms with Crippen LogP contribution in [0.25, 0.3) is 0 Å². The number of aryl methyl sites for hydroxylation is 1. The summed E-state index contributed by atoms with van der Waals surface area (Å²) in [5.41, 5.74) is 0.467. The van der Waals surface area contributed by atoms with Gasteiger partial charge in [0.2, 0.25) is 0 Å². The number of hydrogen-bond acceptors (Lipinski definition) is 2. The average molecular weight is 313 g/mol. The third-order valence-electron chi connectivity index (χ3n) is 4.34. The highest BCUT2D eigenvalue weighted by atomic mass is 19.4. The second-order valence-corrected chi connectivity index (χ2v) is 5.85. The van der Waals surface area contributed by atoms with E-state index in [4.69, 9.17) is 4.74 Å². The van der Waals surface area contributed by atoms with Crippen molar-refractivity contribution in [2.45, 2.75) is 44.8 Å². The van der Waals surface area contributed by atoms with Crippen molar-refractivity contribution in [1.29, 1.82) is 0 Å². The molecule has 1 aromatic carbocycles. The molecule has 22 heavy (non-hydrogen) atoms. The molecule has 3 nitrogen and oxygen atoms in total. The van der Waals surface area contributed by atoms with Crippen LogP contribution in [0.15, 0.2) is 18.2 Å². The molecule has 1 heterocycles. The summed E-state index contributed by atoms with van der Waals surface area (Å²) in [5.74, 6) is 0.444. The van der Waals surface area contributed by atoms with Gasteiger partial charge in [-0.05, 0) is 62.3 Å². The molecule has 1 atom stereocenters. The summed E-state index contributed by atoms with van der Waals surface area (Å²) in [6.45, 7) is 1.98. The smallest absolute Gasteiger partial charge is 0.416 e. The molecular formula is C16H18F3NO2. The molecule has 120 valence electrons. The summed E-state index contributed by atoms with van der Waals surface area (Å²) in [6.07, 6.45) is -1.43. The normalized spacial score (nSPS) is 21.5. The maximum absolute atomic E-state index is 12.8. The van der Waals surface area contributed by atoms with E-state index >= 15 is 0 Å². The standard InChI is InChI=1S/C16H18F3NO2/c1-2-22-15(21)20-13(10-3-4-10)7-5-11-9-12(16(17,18)19)6-8-14(11)20/h6,8-10,13H,2-5,7H2,1H3/t13-/m0/s1. The van der Waals surface area contributed by atoms with Crippen LogP contribution < -0.4 is 4.90 Å². The molecule has 0 saturated heterocycles.